The van der Waals surface area contributed by atoms with Gasteiger partial charge in [-0.05, 0) is 54.1 Å². The molecule has 3 aromatic rings. The van der Waals surface area contributed by atoms with E-state index in [1.165, 1.54) is 17.0 Å². The Kier molecular flexibility index (Phi) is 4.84. The molecule has 1 amide bonds. The molecule has 1 N–H and O–H groups in total. The quantitative estimate of drug-likeness (QED) is 0.706. The number of carboxylic acids is 1. The molecule has 9 heteroatoms. The average molecular weight is 367 g/mol. The number of anilines is 1. The Bertz CT molecular complexity index is 1060. The van der Waals surface area contributed by atoms with Crippen molar-refractivity contribution in [1.29, 1.82) is 0 Å². The number of hydrogen-bond acceptors (Lipinski definition) is 5. The molecular weight excluding hydrogens is 350 g/mol. The zero-order valence-electron chi connectivity index (χ0n) is 14.7. The topological polar surface area (TPSA) is 110 Å². The summed E-state index contributed by atoms with van der Waals surface area (Å²) in [5, 5.41) is 16.6. The largest absolute Gasteiger partial charge is 0.478 e. The first-order chi connectivity index (χ1) is 12.9. The number of amides is 1. The minimum Gasteiger partial charge on any atom is -0.478 e. The summed E-state index contributed by atoms with van der Waals surface area (Å²) in [6.45, 7) is 3.69. The summed E-state index contributed by atoms with van der Waals surface area (Å²) in [6.07, 6.45) is 0. The van der Waals surface area contributed by atoms with Gasteiger partial charge in [-0.1, -0.05) is 24.3 Å². The van der Waals surface area contributed by atoms with Gasteiger partial charge in [0.25, 0.3) is 0 Å². The van der Waals surface area contributed by atoms with E-state index in [0.717, 1.165) is 4.68 Å². The van der Waals surface area contributed by atoms with Gasteiger partial charge in [-0.25, -0.2) is 14.4 Å². The molecule has 0 bridgehead atoms. The Balaban J connectivity index is 2.02. The van der Waals surface area contributed by atoms with E-state index in [1.807, 2.05) is 0 Å². The molecule has 0 fully saturated rings. The van der Waals surface area contributed by atoms with Gasteiger partial charge in [-0.2, -0.15) is 4.68 Å². The van der Waals surface area contributed by atoms with Crippen molar-refractivity contribution in [3.63, 3.8) is 0 Å². The lowest BCUT2D eigenvalue weighted by Gasteiger charge is -2.22. The molecular formula is C18H17N5O4. The number of aryl methyl sites for hydroxylation is 1. The van der Waals surface area contributed by atoms with Crippen molar-refractivity contribution < 1.29 is 14.7 Å². The van der Waals surface area contributed by atoms with Gasteiger partial charge in [0.15, 0.2) is 0 Å². The van der Waals surface area contributed by atoms with Gasteiger partial charge in [0.05, 0.1) is 11.3 Å². The van der Waals surface area contributed by atoms with E-state index in [2.05, 4.69) is 10.4 Å². The molecule has 0 aliphatic rings. The van der Waals surface area contributed by atoms with Gasteiger partial charge in [0.2, 0.25) is 0 Å². The van der Waals surface area contributed by atoms with Crippen LogP contribution < -0.4 is 10.6 Å². The number of rotatable bonds is 4. The molecule has 3 rings (SSSR count). The zero-order valence-corrected chi connectivity index (χ0v) is 14.7. The van der Waals surface area contributed by atoms with Crippen molar-refractivity contribution in [3.05, 3.63) is 70.1 Å². The normalized spacial score (nSPS) is 10.6. The Labute approximate surface area is 154 Å². The SMILES string of the molecule is CCN(C(=O)n1nnn(-c2ccccc2)c1=O)c1cc(C(=O)O)ccc1C. The number of hydrogen-bond donors (Lipinski definition) is 1. The van der Waals surface area contributed by atoms with Crippen molar-refractivity contribution in [2.24, 2.45) is 0 Å². The van der Waals surface area contributed by atoms with Crippen molar-refractivity contribution in [3.8, 4) is 5.69 Å². The number of carboxylic acid groups (broad SMARTS) is 1. The highest BCUT2D eigenvalue weighted by atomic mass is 16.4. The molecule has 0 radical (unpaired) electrons. The maximum Gasteiger partial charge on any atom is 0.377 e. The third-order valence-electron chi connectivity index (χ3n) is 4.06. The second-order valence-corrected chi connectivity index (χ2v) is 5.75. The van der Waals surface area contributed by atoms with E-state index < -0.39 is 17.7 Å². The first kappa shape index (κ1) is 18.1. The summed E-state index contributed by atoms with van der Waals surface area (Å²) >= 11 is 0. The lowest BCUT2D eigenvalue weighted by Crippen LogP contribution is -2.41. The van der Waals surface area contributed by atoms with E-state index in [0.29, 0.717) is 21.6 Å². The molecule has 0 atom stereocenters. The lowest BCUT2D eigenvalue weighted by molar-refractivity contribution is 0.0697. The van der Waals surface area contributed by atoms with Crippen molar-refractivity contribution in [2.45, 2.75) is 13.8 Å². The number of benzene rings is 2. The first-order valence-corrected chi connectivity index (χ1v) is 8.20. The molecule has 0 saturated heterocycles. The maximum atomic E-state index is 12.9. The van der Waals surface area contributed by atoms with E-state index in [9.17, 15) is 19.5 Å². The number of para-hydroxylation sites is 1. The number of carbonyl (C=O) groups is 2. The maximum absolute atomic E-state index is 12.9. The number of nitrogens with zero attached hydrogens (tertiary/aromatic N) is 5. The molecule has 0 spiro atoms. The van der Waals surface area contributed by atoms with Gasteiger partial charge in [-0.3, -0.25) is 4.90 Å². The molecule has 27 heavy (non-hydrogen) atoms. The molecule has 0 aliphatic heterocycles. The highest BCUT2D eigenvalue weighted by molar-refractivity contribution is 5.96. The van der Waals surface area contributed by atoms with Crippen LogP contribution in [0.2, 0.25) is 0 Å². The van der Waals surface area contributed by atoms with Crippen molar-refractivity contribution in [1.82, 2.24) is 19.8 Å². The molecule has 0 aliphatic carbocycles. The monoisotopic (exact) mass is 367 g/mol. The van der Waals surface area contributed by atoms with Crippen LogP contribution in [0, 0.1) is 6.92 Å². The smallest absolute Gasteiger partial charge is 0.377 e. The number of aromatic nitrogens is 4. The van der Waals surface area contributed by atoms with Crippen molar-refractivity contribution >= 4 is 17.7 Å². The predicted octanol–water partition coefficient (Wildman–Crippen LogP) is 1.93. The lowest BCUT2D eigenvalue weighted by atomic mass is 10.1. The summed E-state index contributed by atoms with van der Waals surface area (Å²) in [5.74, 6) is -1.10. The van der Waals surface area contributed by atoms with Crippen LogP contribution in [0.25, 0.3) is 5.69 Å². The van der Waals surface area contributed by atoms with Crippen LogP contribution in [0.1, 0.15) is 22.8 Å². The Morgan fingerprint density at radius 1 is 1.11 bits per heavy atom. The molecule has 1 aromatic heterocycles. The third kappa shape index (κ3) is 3.34. The number of carbonyl (C=O) groups excluding carboxylic acids is 1. The molecule has 1 heterocycles. The molecule has 138 valence electrons. The van der Waals surface area contributed by atoms with E-state index >= 15 is 0 Å². The summed E-state index contributed by atoms with van der Waals surface area (Å²) in [4.78, 5) is 38.0. The Morgan fingerprint density at radius 3 is 2.44 bits per heavy atom. The van der Waals surface area contributed by atoms with Crippen LogP contribution in [-0.4, -0.2) is 43.4 Å². The highest BCUT2D eigenvalue weighted by Gasteiger charge is 2.23. The number of aromatic carboxylic acids is 1. The van der Waals surface area contributed by atoms with Gasteiger partial charge in [0.1, 0.15) is 0 Å². The highest BCUT2D eigenvalue weighted by Crippen LogP contribution is 2.22. The summed E-state index contributed by atoms with van der Waals surface area (Å²) in [6, 6.07) is 12.4. The van der Waals surface area contributed by atoms with E-state index in [1.54, 1.807) is 50.2 Å². The van der Waals surface area contributed by atoms with Crippen molar-refractivity contribution in [2.75, 3.05) is 11.4 Å². The van der Waals surface area contributed by atoms with Gasteiger partial charge >= 0.3 is 17.7 Å². The second kappa shape index (κ2) is 7.24. The standard InChI is InChI=1S/C18H17N5O4/c1-3-21(15-11-13(16(24)25)10-9-12(15)2)17(26)23-18(27)22(19-20-23)14-7-5-4-6-8-14/h4-11H,3H2,1-2H3,(H,24,25). The van der Waals surface area contributed by atoms with Crippen LogP contribution >= 0.6 is 0 Å². The second-order valence-electron chi connectivity index (χ2n) is 5.75. The predicted molar refractivity (Wildman–Crippen MR) is 97.6 cm³/mol. The average Bonchev–Trinajstić information content (AvgIpc) is 3.05. The van der Waals surface area contributed by atoms with Gasteiger partial charge < -0.3 is 5.11 Å². The third-order valence-corrected chi connectivity index (χ3v) is 4.06. The zero-order chi connectivity index (χ0) is 19.6. The Hall–Kier alpha value is -3.75. The molecule has 0 saturated carbocycles. The first-order valence-electron chi connectivity index (χ1n) is 8.20. The van der Waals surface area contributed by atoms with Gasteiger partial charge in [0, 0.05) is 12.2 Å². The Morgan fingerprint density at radius 2 is 1.81 bits per heavy atom. The van der Waals surface area contributed by atoms with Gasteiger partial charge in [-0.15, -0.1) is 4.68 Å². The summed E-state index contributed by atoms with van der Waals surface area (Å²) < 4.78 is 1.68. The van der Waals surface area contributed by atoms with E-state index in [4.69, 9.17) is 0 Å². The van der Waals surface area contributed by atoms with Crippen LogP contribution in [0.4, 0.5) is 10.5 Å². The van der Waals surface area contributed by atoms with Crippen LogP contribution in [-0.2, 0) is 0 Å². The fourth-order valence-corrected chi connectivity index (χ4v) is 2.65. The van der Waals surface area contributed by atoms with E-state index in [-0.39, 0.29) is 12.1 Å². The molecule has 9 nitrogen and oxygen atoms in total. The summed E-state index contributed by atoms with van der Waals surface area (Å²) in [7, 11) is 0. The molecule has 0 unspecified atom stereocenters. The fraction of sp³-hybridized carbons (Fsp3) is 0.167. The fourth-order valence-electron chi connectivity index (χ4n) is 2.65. The number of tetrazole rings is 1. The van der Waals surface area contributed by atoms with Crippen LogP contribution in [0.3, 0.4) is 0 Å². The summed E-state index contributed by atoms with van der Waals surface area (Å²) in [5.41, 5.74) is 0.898. The van der Waals surface area contributed by atoms with Crippen LogP contribution in [0.15, 0.2) is 53.3 Å². The minimum atomic E-state index is -1.10. The molecule has 2 aromatic carbocycles. The van der Waals surface area contributed by atoms with Crippen LogP contribution in [0.5, 0.6) is 0 Å². The minimum absolute atomic E-state index is 0.0436.